The molecule has 1 aliphatic heterocycles. The van der Waals surface area contributed by atoms with Gasteiger partial charge in [0.1, 0.15) is 6.54 Å². The summed E-state index contributed by atoms with van der Waals surface area (Å²) in [4.78, 5) is 38.9. The van der Waals surface area contributed by atoms with Gasteiger partial charge in [0.05, 0.1) is 0 Å². The van der Waals surface area contributed by atoms with Gasteiger partial charge < -0.3 is 10.2 Å². The topological polar surface area (TPSA) is 89.2 Å². The number of carbonyl (C=O) groups excluding carboxylic acids is 2. The molecule has 0 aliphatic carbocycles. The predicted molar refractivity (Wildman–Crippen MR) is 101 cm³/mol. The molecule has 2 amide bonds. The second-order valence-electron chi connectivity index (χ2n) is 7.57. The molecule has 27 heavy (non-hydrogen) atoms. The number of rotatable bonds is 4. The third-order valence-corrected chi connectivity index (χ3v) is 4.34. The van der Waals surface area contributed by atoms with Gasteiger partial charge in [-0.15, -0.1) is 5.10 Å². The Labute approximate surface area is 161 Å². The molecule has 0 unspecified atom stereocenters. The number of nitrogens with zero attached hydrogens (tertiary/aromatic N) is 4. The van der Waals surface area contributed by atoms with Crippen LogP contribution in [0.1, 0.15) is 37.0 Å². The number of aromatic nitrogens is 3. The van der Waals surface area contributed by atoms with Gasteiger partial charge in [-0.05, 0) is 38.5 Å². The summed E-state index contributed by atoms with van der Waals surface area (Å²) < 4.78 is 2.37. The number of nitrogens with one attached hydrogen (secondary N) is 1. The molecule has 0 saturated heterocycles. The second-order valence-corrected chi connectivity index (χ2v) is 8.00. The van der Waals surface area contributed by atoms with Gasteiger partial charge in [-0.25, -0.2) is 9.48 Å². The van der Waals surface area contributed by atoms with Crippen LogP contribution in [0.15, 0.2) is 29.1 Å². The molecule has 2 aromatic rings. The molecular formula is C18H22ClN5O3. The molecule has 1 aromatic carbocycles. The highest BCUT2D eigenvalue weighted by Crippen LogP contribution is 2.15. The van der Waals surface area contributed by atoms with E-state index in [1.54, 1.807) is 17.0 Å². The molecule has 3 rings (SSSR count). The molecule has 0 bridgehead atoms. The summed E-state index contributed by atoms with van der Waals surface area (Å²) in [5.74, 6) is -0.599. The summed E-state index contributed by atoms with van der Waals surface area (Å²) in [5.41, 5.74) is 0.0757. The predicted octanol–water partition coefficient (Wildman–Crippen LogP) is 1.27. The van der Waals surface area contributed by atoms with Gasteiger partial charge in [0.2, 0.25) is 11.7 Å². The molecule has 144 valence electrons. The van der Waals surface area contributed by atoms with E-state index >= 15 is 0 Å². The lowest BCUT2D eigenvalue weighted by molar-refractivity contribution is -0.123. The highest BCUT2D eigenvalue weighted by Gasteiger charge is 2.30. The van der Waals surface area contributed by atoms with Gasteiger partial charge in [-0.3, -0.25) is 14.2 Å². The SMILES string of the molecule is CC(C)(C)NC(=O)Cn1nc2n(c1=O)CCN(Cc1ccc(Cl)cc1)C2=O. The molecule has 2 heterocycles. The maximum absolute atomic E-state index is 12.7. The average molecular weight is 392 g/mol. The Kier molecular flexibility index (Phi) is 5.10. The Morgan fingerprint density at radius 2 is 1.85 bits per heavy atom. The lowest BCUT2D eigenvalue weighted by atomic mass is 10.1. The fourth-order valence-electron chi connectivity index (χ4n) is 2.92. The van der Waals surface area contributed by atoms with Crippen molar-refractivity contribution in [2.24, 2.45) is 0 Å². The highest BCUT2D eigenvalue weighted by molar-refractivity contribution is 6.30. The van der Waals surface area contributed by atoms with Crippen molar-refractivity contribution < 1.29 is 9.59 Å². The molecule has 0 saturated carbocycles. The first-order valence-corrected chi connectivity index (χ1v) is 9.04. The molecule has 0 atom stereocenters. The van der Waals surface area contributed by atoms with E-state index in [0.717, 1.165) is 10.2 Å². The van der Waals surface area contributed by atoms with Crippen LogP contribution in [0.4, 0.5) is 0 Å². The van der Waals surface area contributed by atoms with Crippen molar-refractivity contribution in [2.75, 3.05) is 6.54 Å². The first-order valence-electron chi connectivity index (χ1n) is 8.66. The lowest BCUT2D eigenvalue weighted by Crippen LogP contribution is -2.44. The molecule has 0 radical (unpaired) electrons. The van der Waals surface area contributed by atoms with Crippen LogP contribution < -0.4 is 11.0 Å². The van der Waals surface area contributed by atoms with Crippen molar-refractivity contribution in [1.82, 2.24) is 24.6 Å². The summed E-state index contributed by atoms with van der Waals surface area (Å²) in [5, 5.41) is 7.51. The standard InChI is InChI=1S/C18H22ClN5O3/c1-18(2,3)20-14(25)11-24-17(27)23-9-8-22(16(26)15(23)21-24)10-12-4-6-13(19)7-5-12/h4-7H,8-11H2,1-3H3,(H,20,25). The fraction of sp³-hybridized carbons (Fsp3) is 0.444. The first kappa shape index (κ1) is 19.2. The zero-order valence-electron chi connectivity index (χ0n) is 15.5. The van der Waals surface area contributed by atoms with Gasteiger partial charge >= 0.3 is 5.69 Å². The number of hydrogen-bond donors (Lipinski definition) is 1. The van der Waals surface area contributed by atoms with E-state index in [4.69, 9.17) is 11.6 Å². The van der Waals surface area contributed by atoms with E-state index in [1.165, 1.54) is 4.57 Å². The number of fused-ring (bicyclic) bond motifs is 1. The van der Waals surface area contributed by atoms with Gasteiger partial charge in [0, 0.05) is 30.2 Å². The van der Waals surface area contributed by atoms with Crippen molar-refractivity contribution in [3.05, 3.63) is 51.2 Å². The Morgan fingerprint density at radius 3 is 2.48 bits per heavy atom. The minimum atomic E-state index is -0.450. The zero-order chi connectivity index (χ0) is 19.8. The van der Waals surface area contributed by atoms with E-state index in [0.29, 0.717) is 24.7 Å². The minimum absolute atomic E-state index is 0.0590. The van der Waals surface area contributed by atoms with Crippen LogP contribution in [0.3, 0.4) is 0 Å². The first-order chi connectivity index (χ1) is 12.6. The van der Waals surface area contributed by atoms with Crippen LogP contribution in [-0.4, -0.2) is 43.1 Å². The molecule has 0 fully saturated rings. The molecule has 1 N–H and O–H groups in total. The van der Waals surface area contributed by atoms with E-state index in [9.17, 15) is 14.4 Å². The van der Waals surface area contributed by atoms with Gasteiger partial charge in [0.15, 0.2) is 0 Å². The van der Waals surface area contributed by atoms with Crippen molar-refractivity contribution in [1.29, 1.82) is 0 Å². The Balaban J connectivity index is 1.77. The lowest BCUT2D eigenvalue weighted by Gasteiger charge is -2.26. The van der Waals surface area contributed by atoms with Crippen LogP contribution in [0.25, 0.3) is 0 Å². The summed E-state index contributed by atoms with van der Waals surface area (Å²) in [7, 11) is 0. The smallest absolute Gasteiger partial charge is 0.346 e. The average Bonchev–Trinajstić information content (AvgIpc) is 2.87. The second kappa shape index (κ2) is 7.19. The monoisotopic (exact) mass is 391 g/mol. The Hall–Kier alpha value is -2.61. The molecule has 1 aromatic heterocycles. The summed E-state index contributed by atoms with van der Waals surface area (Å²) in [6, 6.07) is 7.24. The molecule has 1 aliphatic rings. The summed E-state index contributed by atoms with van der Waals surface area (Å²) in [6.45, 7) is 6.48. The maximum atomic E-state index is 12.7. The third-order valence-electron chi connectivity index (χ3n) is 4.09. The number of hydrogen-bond acceptors (Lipinski definition) is 4. The van der Waals surface area contributed by atoms with Crippen molar-refractivity contribution >= 4 is 23.4 Å². The number of amides is 2. The van der Waals surface area contributed by atoms with E-state index < -0.39 is 11.2 Å². The normalized spacial score (nSPS) is 14.2. The zero-order valence-corrected chi connectivity index (χ0v) is 16.3. The number of carbonyl (C=O) groups is 2. The highest BCUT2D eigenvalue weighted by atomic mass is 35.5. The van der Waals surface area contributed by atoms with Crippen LogP contribution in [0, 0.1) is 0 Å². The number of halogens is 1. The van der Waals surface area contributed by atoms with Crippen LogP contribution >= 0.6 is 11.6 Å². The van der Waals surface area contributed by atoms with Crippen LogP contribution in [0.5, 0.6) is 0 Å². The van der Waals surface area contributed by atoms with E-state index in [2.05, 4.69) is 10.4 Å². The minimum Gasteiger partial charge on any atom is -0.350 e. The Bertz CT molecular complexity index is 924. The molecule has 8 nitrogen and oxygen atoms in total. The summed E-state index contributed by atoms with van der Waals surface area (Å²) in [6.07, 6.45) is 0. The maximum Gasteiger partial charge on any atom is 0.346 e. The number of benzene rings is 1. The quantitative estimate of drug-likeness (QED) is 0.849. The van der Waals surface area contributed by atoms with Gasteiger partial charge in [0.25, 0.3) is 5.91 Å². The van der Waals surface area contributed by atoms with Gasteiger partial charge in [-0.1, -0.05) is 23.7 Å². The molecule has 9 heteroatoms. The van der Waals surface area contributed by atoms with Gasteiger partial charge in [-0.2, -0.15) is 0 Å². The molecule has 0 spiro atoms. The van der Waals surface area contributed by atoms with E-state index in [1.807, 2.05) is 32.9 Å². The largest absolute Gasteiger partial charge is 0.350 e. The van der Waals surface area contributed by atoms with Crippen molar-refractivity contribution in [3.8, 4) is 0 Å². The Morgan fingerprint density at radius 1 is 1.19 bits per heavy atom. The van der Waals surface area contributed by atoms with E-state index in [-0.39, 0.29) is 24.2 Å². The van der Waals surface area contributed by atoms with Crippen molar-refractivity contribution in [2.45, 2.75) is 45.9 Å². The fourth-order valence-corrected chi connectivity index (χ4v) is 3.05. The van der Waals surface area contributed by atoms with Crippen molar-refractivity contribution in [3.63, 3.8) is 0 Å². The van der Waals surface area contributed by atoms with Crippen LogP contribution in [-0.2, 0) is 24.4 Å². The van der Waals surface area contributed by atoms with Crippen LogP contribution in [0.2, 0.25) is 5.02 Å². The molecular weight excluding hydrogens is 370 g/mol. The third kappa shape index (κ3) is 4.39. The summed E-state index contributed by atoms with van der Waals surface area (Å²) >= 11 is 5.89.